The summed E-state index contributed by atoms with van der Waals surface area (Å²) in [6.45, 7) is 15.3. The van der Waals surface area contributed by atoms with Gasteiger partial charge in [0.2, 0.25) is 0 Å². The van der Waals surface area contributed by atoms with Crippen LogP contribution in [0.2, 0.25) is 5.02 Å². The first-order valence-corrected chi connectivity index (χ1v) is 10.7. The monoisotopic (exact) mass is 398 g/mol. The molecule has 4 rings (SSSR count). The van der Waals surface area contributed by atoms with Crippen LogP contribution in [0, 0.1) is 5.41 Å². The van der Waals surface area contributed by atoms with E-state index in [-0.39, 0.29) is 0 Å². The van der Waals surface area contributed by atoms with Crippen LogP contribution in [0.3, 0.4) is 0 Å². The lowest BCUT2D eigenvalue weighted by Gasteiger charge is -2.39. The summed E-state index contributed by atoms with van der Waals surface area (Å²) in [4.78, 5) is 10.2. The van der Waals surface area contributed by atoms with E-state index in [2.05, 4.69) is 66.5 Å². The lowest BCUT2D eigenvalue weighted by molar-refractivity contribution is 0.136. The second-order valence-corrected chi connectivity index (χ2v) is 9.68. The SMILES string of the molecule is CCc1cc2n(c1)Cc1cc(Cl)ccc1N=C2N1CCN(CC(C)(C)C)CC1. The minimum atomic E-state index is 0.338. The zero-order valence-electron chi connectivity index (χ0n) is 17.5. The molecule has 28 heavy (non-hydrogen) atoms. The number of amidine groups is 1. The minimum Gasteiger partial charge on any atom is -0.352 e. The van der Waals surface area contributed by atoms with Crippen molar-refractivity contribution in [1.82, 2.24) is 14.4 Å². The molecule has 0 radical (unpaired) electrons. The Bertz CT molecular complexity index is 882. The van der Waals surface area contributed by atoms with E-state index in [1.807, 2.05) is 6.07 Å². The van der Waals surface area contributed by atoms with E-state index in [4.69, 9.17) is 16.6 Å². The fourth-order valence-electron chi connectivity index (χ4n) is 4.25. The topological polar surface area (TPSA) is 23.8 Å². The average Bonchev–Trinajstić information content (AvgIpc) is 2.97. The number of fused-ring (bicyclic) bond motifs is 2. The number of piperazine rings is 1. The molecule has 5 heteroatoms. The molecule has 0 unspecified atom stereocenters. The van der Waals surface area contributed by atoms with Crippen LogP contribution in [0.4, 0.5) is 5.69 Å². The van der Waals surface area contributed by atoms with Gasteiger partial charge in [0.15, 0.2) is 5.84 Å². The van der Waals surface area contributed by atoms with Crippen LogP contribution in [-0.2, 0) is 13.0 Å². The molecule has 0 amide bonds. The van der Waals surface area contributed by atoms with Crippen LogP contribution in [-0.4, -0.2) is 52.9 Å². The van der Waals surface area contributed by atoms with Gasteiger partial charge in [0, 0.05) is 50.5 Å². The highest BCUT2D eigenvalue weighted by molar-refractivity contribution is 6.30. The minimum absolute atomic E-state index is 0.338. The van der Waals surface area contributed by atoms with Crippen LogP contribution in [0.25, 0.3) is 0 Å². The Balaban J connectivity index is 1.65. The lowest BCUT2D eigenvalue weighted by atomic mass is 9.96. The second kappa shape index (κ2) is 7.57. The third-order valence-electron chi connectivity index (χ3n) is 5.57. The van der Waals surface area contributed by atoms with Gasteiger partial charge in [-0.25, -0.2) is 4.99 Å². The molecule has 0 spiro atoms. The number of hydrogen-bond donors (Lipinski definition) is 0. The largest absolute Gasteiger partial charge is 0.352 e. The van der Waals surface area contributed by atoms with Crippen molar-refractivity contribution in [3.05, 3.63) is 52.3 Å². The molecule has 150 valence electrons. The van der Waals surface area contributed by atoms with Crippen LogP contribution in [0.15, 0.2) is 35.5 Å². The van der Waals surface area contributed by atoms with Gasteiger partial charge in [0.05, 0.1) is 11.4 Å². The van der Waals surface area contributed by atoms with Gasteiger partial charge in [-0.05, 0) is 47.2 Å². The first-order chi connectivity index (χ1) is 13.3. The molecule has 0 aliphatic carbocycles. The van der Waals surface area contributed by atoms with Gasteiger partial charge in [0.25, 0.3) is 0 Å². The molecule has 3 heterocycles. The van der Waals surface area contributed by atoms with Gasteiger partial charge in [-0.1, -0.05) is 39.3 Å². The van der Waals surface area contributed by atoms with E-state index in [0.717, 1.165) is 62.2 Å². The molecular formula is C23H31ClN4. The molecule has 1 saturated heterocycles. The number of aliphatic imine (C=N–C) groups is 1. The number of aryl methyl sites for hydroxylation is 1. The van der Waals surface area contributed by atoms with Crippen molar-refractivity contribution < 1.29 is 0 Å². The Kier molecular flexibility index (Phi) is 5.28. The van der Waals surface area contributed by atoms with Gasteiger partial charge in [-0.15, -0.1) is 0 Å². The quantitative estimate of drug-likeness (QED) is 0.724. The molecule has 2 aromatic rings. The Morgan fingerprint density at radius 2 is 1.82 bits per heavy atom. The van der Waals surface area contributed by atoms with Gasteiger partial charge in [-0.3, -0.25) is 4.90 Å². The summed E-state index contributed by atoms with van der Waals surface area (Å²) in [7, 11) is 0. The van der Waals surface area contributed by atoms with Gasteiger partial charge >= 0.3 is 0 Å². The Labute approximate surface area is 173 Å². The molecular weight excluding hydrogens is 368 g/mol. The Morgan fingerprint density at radius 1 is 1.07 bits per heavy atom. The number of aromatic nitrogens is 1. The number of nitrogens with zero attached hydrogens (tertiary/aromatic N) is 4. The van der Waals surface area contributed by atoms with E-state index in [0.29, 0.717) is 5.41 Å². The van der Waals surface area contributed by atoms with Crippen molar-refractivity contribution in [1.29, 1.82) is 0 Å². The van der Waals surface area contributed by atoms with Gasteiger partial charge in [-0.2, -0.15) is 0 Å². The first-order valence-electron chi connectivity index (χ1n) is 10.4. The highest BCUT2D eigenvalue weighted by atomic mass is 35.5. The molecule has 0 N–H and O–H groups in total. The maximum absolute atomic E-state index is 6.27. The Hall–Kier alpha value is -1.78. The van der Waals surface area contributed by atoms with E-state index in [1.165, 1.54) is 16.8 Å². The predicted molar refractivity (Wildman–Crippen MR) is 118 cm³/mol. The van der Waals surface area contributed by atoms with Crippen molar-refractivity contribution in [2.45, 2.75) is 40.7 Å². The van der Waals surface area contributed by atoms with E-state index in [1.54, 1.807) is 0 Å². The second-order valence-electron chi connectivity index (χ2n) is 9.25. The molecule has 0 saturated carbocycles. The summed E-state index contributed by atoms with van der Waals surface area (Å²) in [6, 6.07) is 8.37. The third kappa shape index (κ3) is 4.13. The number of hydrogen-bond acceptors (Lipinski definition) is 3. The zero-order chi connectivity index (χ0) is 19.9. The van der Waals surface area contributed by atoms with Crippen LogP contribution in [0.5, 0.6) is 0 Å². The summed E-state index contributed by atoms with van der Waals surface area (Å²) in [5.74, 6) is 1.11. The molecule has 0 atom stereocenters. The molecule has 0 bridgehead atoms. The number of rotatable bonds is 2. The van der Waals surface area contributed by atoms with E-state index in [9.17, 15) is 0 Å². The molecule has 2 aliphatic rings. The summed E-state index contributed by atoms with van der Waals surface area (Å²) in [5.41, 5.74) is 5.16. The van der Waals surface area contributed by atoms with Crippen LogP contribution in [0.1, 0.15) is 44.5 Å². The van der Waals surface area contributed by atoms with Crippen molar-refractivity contribution in [3.63, 3.8) is 0 Å². The maximum atomic E-state index is 6.27. The highest BCUT2D eigenvalue weighted by Crippen LogP contribution is 2.30. The zero-order valence-corrected chi connectivity index (χ0v) is 18.3. The van der Waals surface area contributed by atoms with Crippen molar-refractivity contribution in [2.75, 3.05) is 32.7 Å². The molecule has 4 nitrogen and oxygen atoms in total. The fraction of sp³-hybridized carbons (Fsp3) is 0.522. The average molecular weight is 399 g/mol. The lowest BCUT2D eigenvalue weighted by Crippen LogP contribution is -2.50. The number of halogens is 1. The predicted octanol–water partition coefficient (Wildman–Crippen LogP) is 4.81. The molecule has 1 fully saturated rings. The van der Waals surface area contributed by atoms with Crippen LogP contribution >= 0.6 is 11.6 Å². The molecule has 2 aliphatic heterocycles. The third-order valence-corrected chi connectivity index (χ3v) is 5.80. The molecule has 1 aromatic carbocycles. The summed E-state index contributed by atoms with van der Waals surface area (Å²) in [5, 5.41) is 0.776. The summed E-state index contributed by atoms with van der Waals surface area (Å²) >= 11 is 6.27. The maximum Gasteiger partial charge on any atom is 0.153 e. The number of benzene rings is 1. The van der Waals surface area contributed by atoms with Crippen molar-refractivity contribution in [2.24, 2.45) is 10.4 Å². The first kappa shape index (κ1) is 19.5. The van der Waals surface area contributed by atoms with E-state index < -0.39 is 0 Å². The van der Waals surface area contributed by atoms with Crippen LogP contribution < -0.4 is 0 Å². The van der Waals surface area contributed by atoms with Crippen molar-refractivity contribution in [3.8, 4) is 0 Å². The fourth-order valence-corrected chi connectivity index (χ4v) is 4.44. The standard InChI is InChI=1S/C23H31ClN4/c1-5-17-12-21-22(27-10-8-26(9-11-27)16-23(2,3)4)25-20-7-6-19(24)13-18(20)15-28(21)14-17/h6-7,12-14H,5,8-11,15-16H2,1-4H3. The summed E-state index contributed by atoms with van der Waals surface area (Å²) in [6.07, 6.45) is 3.31. The summed E-state index contributed by atoms with van der Waals surface area (Å²) < 4.78 is 2.35. The Morgan fingerprint density at radius 3 is 2.50 bits per heavy atom. The highest BCUT2D eigenvalue weighted by Gasteiger charge is 2.27. The smallest absolute Gasteiger partial charge is 0.153 e. The molecule has 1 aromatic heterocycles. The van der Waals surface area contributed by atoms with E-state index >= 15 is 0 Å². The van der Waals surface area contributed by atoms with Gasteiger partial charge < -0.3 is 9.47 Å². The van der Waals surface area contributed by atoms with Crippen molar-refractivity contribution >= 4 is 23.1 Å². The normalized spacial score (nSPS) is 17.8. The van der Waals surface area contributed by atoms with Gasteiger partial charge in [0.1, 0.15) is 0 Å².